The first-order valence-corrected chi connectivity index (χ1v) is 9.84. The minimum atomic E-state index is -0.841. The lowest BCUT2D eigenvalue weighted by molar-refractivity contribution is 0.0626. The molecule has 1 N–H and O–H groups in total. The molecule has 150 valence electrons. The number of aliphatic hydroxyl groups excluding tert-OH is 1. The summed E-state index contributed by atoms with van der Waals surface area (Å²) in [7, 11) is 0. The average molecular weight is 393 g/mol. The number of hydrogen-bond donors (Lipinski definition) is 1. The maximum absolute atomic E-state index is 13.0. The molecular formula is C21H23N5O3. The molecule has 1 aromatic heterocycles. The van der Waals surface area contributed by atoms with Crippen molar-refractivity contribution in [3.05, 3.63) is 52.8 Å². The second-order valence-electron chi connectivity index (χ2n) is 7.53. The van der Waals surface area contributed by atoms with E-state index in [2.05, 4.69) is 5.10 Å². The molecule has 8 heteroatoms. The second-order valence-corrected chi connectivity index (χ2v) is 7.53. The van der Waals surface area contributed by atoms with Crippen molar-refractivity contribution >= 4 is 11.8 Å². The van der Waals surface area contributed by atoms with Crippen molar-refractivity contribution in [2.24, 2.45) is 0 Å². The Balaban J connectivity index is 1.48. The molecule has 1 saturated heterocycles. The highest BCUT2D eigenvalue weighted by Crippen LogP contribution is 2.23. The van der Waals surface area contributed by atoms with Crippen LogP contribution in [0, 0.1) is 11.3 Å². The summed E-state index contributed by atoms with van der Waals surface area (Å²) < 4.78 is 1.34. The van der Waals surface area contributed by atoms with Crippen molar-refractivity contribution in [3.63, 3.8) is 0 Å². The van der Waals surface area contributed by atoms with Crippen LogP contribution < -0.4 is 0 Å². The molecule has 1 aliphatic carbocycles. The van der Waals surface area contributed by atoms with Gasteiger partial charge < -0.3 is 14.9 Å². The van der Waals surface area contributed by atoms with E-state index in [1.165, 1.54) is 26.9 Å². The van der Waals surface area contributed by atoms with Gasteiger partial charge in [-0.15, -0.1) is 0 Å². The van der Waals surface area contributed by atoms with Gasteiger partial charge in [-0.05, 0) is 48.6 Å². The van der Waals surface area contributed by atoms with Crippen LogP contribution in [0.1, 0.15) is 38.4 Å². The number of β-amino-alcohol motifs (C(OH)–C–C–N with tert-alkyl or cyclic N) is 1. The summed E-state index contributed by atoms with van der Waals surface area (Å²) in [5, 5.41) is 23.3. The van der Waals surface area contributed by atoms with Crippen molar-refractivity contribution in [1.82, 2.24) is 19.6 Å². The fraction of sp³-hybridized carbons (Fsp3) is 0.429. The molecule has 0 spiro atoms. The standard InChI is InChI=1S/C21H23N5O3/c22-7-9-26-19(6-8-23-26)21(29)25-11-10-24(13-18(27)14-25)20(28)17-5-4-15-2-1-3-16(15)12-17/h4-6,8,12,18,27H,1-3,9-11,13-14H2. The van der Waals surface area contributed by atoms with Crippen LogP contribution in [0.25, 0.3) is 0 Å². The highest BCUT2D eigenvalue weighted by molar-refractivity contribution is 5.95. The molecule has 1 unspecified atom stereocenters. The number of carbonyl (C=O) groups is 2. The zero-order valence-electron chi connectivity index (χ0n) is 16.1. The van der Waals surface area contributed by atoms with Crippen molar-refractivity contribution in [1.29, 1.82) is 5.26 Å². The molecule has 0 bridgehead atoms. The van der Waals surface area contributed by atoms with Crippen LogP contribution >= 0.6 is 0 Å². The maximum Gasteiger partial charge on any atom is 0.272 e. The Morgan fingerprint density at radius 3 is 2.59 bits per heavy atom. The third-order valence-corrected chi connectivity index (χ3v) is 5.58. The molecule has 2 heterocycles. The number of fused-ring (bicyclic) bond motifs is 1. The lowest BCUT2D eigenvalue weighted by atomic mass is 10.1. The third kappa shape index (κ3) is 3.87. The van der Waals surface area contributed by atoms with Gasteiger partial charge in [0.05, 0.1) is 12.2 Å². The van der Waals surface area contributed by atoms with Gasteiger partial charge in [0.1, 0.15) is 12.2 Å². The summed E-state index contributed by atoms with van der Waals surface area (Å²) in [6.07, 6.45) is 3.81. The van der Waals surface area contributed by atoms with Gasteiger partial charge >= 0.3 is 0 Å². The molecule has 4 rings (SSSR count). The van der Waals surface area contributed by atoms with Crippen molar-refractivity contribution < 1.29 is 14.7 Å². The highest BCUT2D eigenvalue weighted by Gasteiger charge is 2.29. The minimum Gasteiger partial charge on any atom is -0.389 e. The number of aliphatic hydroxyl groups is 1. The van der Waals surface area contributed by atoms with E-state index in [0.717, 1.165) is 19.3 Å². The largest absolute Gasteiger partial charge is 0.389 e. The summed E-state index contributed by atoms with van der Waals surface area (Å²) in [5.41, 5.74) is 3.47. The van der Waals surface area contributed by atoms with E-state index in [9.17, 15) is 14.7 Å². The lowest BCUT2D eigenvalue weighted by Gasteiger charge is -2.22. The fourth-order valence-corrected chi connectivity index (χ4v) is 4.12. The van der Waals surface area contributed by atoms with Crippen LogP contribution in [0.4, 0.5) is 0 Å². The number of rotatable bonds is 3. The predicted molar refractivity (Wildman–Crippen MR) is 104 cm³/mol. The van der Waals surface area contributed by atoms with Gasteiger partial charge in [0.2, 0.25) is 0 Å². The number of benzene rings is 1. The van der Waals surface area contributed by atoms with Crippen LogP contribution in [0.2, 0.25) is 0 Å². The van der Waals surface area contributed by atoms with Gasteiger partial charge in [-0.2, -0.15) is 10.4 Å². The normalized spacial score (nSPS) is 18.8. The Morgan fingerprint density at radius 1 is 1.10 bits per heavy atom. The summed E-state index contributed by atoms with van der Waals surface area (Å²) in [5.74, 6) is -0.425. The number of aromatic nitrogens is 2. The predicted octanol–water partition coefficient (Wildman–Crippen LogP) is 0.854. The number of nitrogens with zero attached hydrogens (tertiary/aromatic N) is 5. The Bertz CT molecular complexity index is 977. The minimum absolute atomic E-state index is 0.0204. The molecule has 2 amide bonds. The molecule has 1 fully saturated rings. The summed E-state index contributed by atoms with van der Waals surface area (Å²) >= 11 is 0. The lowest BCUT2D eigenvalue weighted by Crippen LogP contribution is -2.38. The average Bonchev–Trinajstić information content (AvgIpc) is 3.33. The number of nitriles is 1. The van der Waals surface area contributed by atoms with Crippen molar-refractivity contribution in [2.75, 3.05) is 26.2 Å². The monoisotopic (exact) mass is 393 g/mol. The van der Waals surface area contributed by atoms with Gasteiger partial charge in [-0.25, -0.2) is 4.68 Å². The zero-order chi connectivity index (χ0) is 20.4. The first-order valence-electron chi connectivity index (χ1n) is 9.84. The van der Waals surface area contributed by atoms with E-state index >= 15 is 0 Å². The Kier molecular flexibility index (Phi) is 5.32. The van der Waals surface area contributed by atoms with Gasteiger partial charge in [0.25, 0.3) is 11.8 Å². The summed E-state index contributed by atoms with van der Waals surface area (Å²) in [4.78, 5) is 29.0. The molecule has 0 radical (unpaired) electrons. The van der Waals surface area contributed by atoms with E-state index in [4.69, 9.17) is 5.26 Å². The molecule has 0 saturated carbocycles. The number of aryl methyl sites for hydroxylation is 2. The number of carbonyl (C=O) groups excluding carboxylic acids is 2. The molecule has 2 aromatic rings. The van der Waals surface area contributed by atoms with E-state index in [0.29, 0.717) is 24.3 Å². The van der Waals surface area contributed by atoms with Crippen LogP contribution in [-0.2, 0) is 19.4 Å². The van der Waals surface area contributed by atoms with E-state index in [-0.39, 0.29) is 31.4 Å². The summed E-state index contributed by atoms with van der Waals surface area (Å²) in [6.45, 7) is 0.935. The van der Waals surface area contributed by atoms with Gasteiger partial charge in [0, 0.05) is 37.9 Å². The SMILES string of the molecule is N#CCn1nccc1C(=O)N1CCN(C(=O)c2ccc3c(c2)CCC3)CC(O)C1. The molecule has 29 heavy (non-hydrogen) atoms. The molecule has 1 atom stereocenters. The first kappa shape index (κ1) is 19.2. The quantitative estimate of drug-likeness (QED) is 0.833. The Hall–Kier alpha value is -3.18. The van der Waals surface area contributed by atoms with Gasteiger partial charge in [-0.1, -0.05) is 6.07 Å². The van der Waals surface area contributed by atoms with E-state index < -0.39 is 6.10 Å². The Labute approximate surface area is 168 Å². The van der Waals surface area contributed by atoms with Crippen molar-refractivity contribution in [3.8, 4) is 6.07 Å². The molecule has 2 aliphatic rings. The topological polar surface area (TPSA) is 102 Å². The van der Waals surface area contributed by atoms with Gasteiger partial charge in [-0.3, -0.25) is 9.59 Å². The summed E-state index contributed by atoms with van der Waals surface area (Å²) in [6, 6.07) is 9.38. The Morgan fingerprint density at radius 2 is 1.83 bits per heavy atom. The first-order chi connectivity index (χ1) is 14.1. The van der Waals surface area contributed by atoms with Gasteiger partial charge in [0.15, 0.2) is 0 Å². The molecular weight excluding hydrogens is 370 g/mol. The van der Waals surface area contributed by atoms with Crippen LogP contribution in [0.3, 0.4) is 0 Å². The molecule has 1 aromatic carbocycles. The third-order valence-electron chi connectivity index (χ3n) is 5.58. The smallest absolute Gasteiger partial charge is 0.272 e. The van der Waals surface area contributed by atoms with E-state index in [1.807, 2.05) is 24.3 Å². The molecule has 8 nitrogen and oxygen atoms in total. The second kappa shape index (κ2) is 8.05. The van der Waals surface area contributed by atoms with E-state index in [1.54, 1.807) is 11.0 Å². The number of amides is 2. The van der Waals surface area contributed by atoms with Crippen LogP contribution in [0.5, 0.6) is 0 Å². The highest BCUT2D eigenvalue weighted by atomic mass is 16.3. The van der Waals surface area contributed by atoms with Crippen molar-refractivity contribution in [2.45, 2.75) is 31.9 Å². The maximum atomic E-state index is 13.0. The zero-order valence-corrected chi connectivity index (χ0v) is 16.1. The molecule has 1 aliphatic heterocycles. The fourth-order valence-electron chi connectivity index (χ4n) is 4.12. The van der Waals surface area contributed by atoms with Crippen LogP contribution in [-0.4, -0.2) is 68.8 Å². The number of hydrogen-bond acceptors (Lipinski definition) is 5. The van der Waals surface area contributed by atoms with Crippen LogP contribution in [0.15, 0.2) is 30.5 Å².